The van der Waals surface area contributed by atoms with Crippen molar-refractivity contribution in [2.24, 2.45) is 0 Å². The Bertz CT molecular complexity index is 1220. The number of rotatable bonds is 4. The Labute approximate surface area is 170 Å². The summed E-state index contributed by atoms with van der Waals surface area (Å²) >= 11 is 0. The molecule has 0 unspecified atom stereocenters. The number of anilines is 1. The summed E-state index contributed by atoms with van der Waals surface area (Å²) in [5.41, 5.74) is 8.12. The van der Waals surface area contributed by atoms with Gasteiger partial charge in [0.05, 0.1) is 5.69 Å². The molecule has 4 aromatic rings. The summed E-state index contributed by atoms with van der Waals surface area (Å²) in [6.07, 6.45) is 1.78. The van der Waals surface area contributed by atoms with Crippen molar-refractivity contribution < 1.29 is 4.79 Å². The molecule has 146 valence electrons. The van der Waals surface area contributed by atoms with Crippen molar-refractivity contribution in [1.82, 2.24) is 14.8 Å². The van der Waals surface area contributed by atoms with E-state index in [1.165, 1.54) is 11.1 Å². The number of aromatic nitrogens is 3. The molecule has 4 rings (SSSR count). The largest absolute Gasteiger partial charge is 0.324 e. The van der Waals surface area contributed by atoms with E-state index in [1.807, 2.05) is 44.2 Å². The molecule has 5 heteroatoms. The molecule has 2 heterocycles. The molecule has 0 fully saturated rings. The van der Waals surface area contributed by atoms with Gasteiger partial charge in [-0.25, -0.2) is 9.67 Å². The van der Waals surface area contributed by atoms with Crippen molar-refractivity contribution in [2.45, 2.75) is 34.2 Å². The van der Waals surface area contributed by atoms with E-state index in [2.05, 4.69) is 47.4 Å². The third kappa shape index (κ3) is 3.76. The van der Waals surface area contributed by atoms with Crippen molar-refractivity contribution >= 4 is 22.6 Å². The van der Waals surface area contributed by atoms with Gasteiger partial charge in [-0.15, -0.1) is 0 Å². The first-order chi connectivity index (χ1) is 13.9. The minimum absolute atomic E-state index is 0.113. The van der Waals surface area contributed by atoms with Gasteiger partial charge in [0.1, 0.15) is 6.54 Å². The lowest BCUT2D eigenvalue weighted by molar-refractivity contribution is -0.116. The molecule has 0 atom stereocenters. The molecule has 0 saturated carbocycles. The molecule has 0 saturated heterocycles. The normalized spacial score (nSPS) is 11.0. The van der Waals surface area contributed by atoms with E-state index in [0.29, 0.717) is 0 Å². The number of hydrogen-bond donors (Lipinski definition) is 1. The molecule has 2 aromatic carbocycles. The molecular weight excluding hydrogens is 360 g/mol. The van der Waals surface area contributed by atoms with Gasteiger partial charge in [-0.1, -0.05) is 35.9 Å². The number of nitrogens with one attached hydrogen (secondary N) is 1. The molecule has 5 nitrogen and oxygen atoms in total. The predicted molar refractivity (Wildman–Crippen MR) is 117 cm³/mol. The zero-order valence-corrected chi connectivity index (χ0v) is 17.2. The van der Waals surface area contributed by atoms with Gasteiger partial charge in [0.25, 0.3) is 0 Å². The van der Waals surface area contributed by atoms with Crippen LogP contribution in [0.1, 0.15) is 22.4 Å². The van der Waals surface area contributed by atoms with E-state index in [4.69, 9.17) is 0 Å². The molecule has 2 aromatic heterocycles. The van der Waals surface area contributed by atoms with Crippen LogP contribution < -0.4 is 5.32 Å². The smallest absolute Gasteiger partial charge is 0.246 e. The van der Waals surface area contributed by atoms with Crippen molar-refractivity contribution in [2.75, 3.05) is 5.32 Å². The maximum atomic E-state index is 12.6. The van der Waals surface area contributed by atoms with E-state index in [9.17, 15) is 4.79 Å². The maximum Gasteiger partial charge on any atom is 0.246 e. The number of amides is 1. The average Bonchev–Trinajstić information content (AvgIpc) is 3.00. The van der Waals surface area contributed by atoms with Crippen LogP contribution in [0.15, 0.2) is 54.7 Å². The highest BCUT2D eigenvalue weighted by molar-refractivity contribution is 5.96. The fourth-order valence-electron chi connectivity index (χ4n) is 3.60. The molecule has 1 amide bonds. The molecule has 1 N–H and O–H groups in total. The Morgan fingerprint density at radius 3 is 2.59 bits per heavy atom. The van der Waals surface area contributed by atoms with Crippen LogP contribution in [0.4, 0.5) is 5.69 Å². The molecule has 0 radical (unpaired) electrons. The lowest BCUT2D eigenvalue weighted by Crippen LogP contribution is -2.19. The summed E-state index contributed by atoms with van der Waals surface area (Å²) in [7, 11) is 0. The topological polar surface area (TPSA) is 59.8 Å². The van der Waals surface area contributed by atoms with Crippen LogP contribution in [0.5, 0.6) is 0 Å². The first-order valence-electron chi connectivity index (χ1n) is 9.68. The van der Waals surface area contributed by atoms with E-state index in [1.54, 1.807) is 10.9 Å². The van der Waals surface area contributed by atoms with Crippen LogP contribution in [0.25, 0.3) is 22.2 Å². The third-order valence-corrected chi connectivity index (χ3v) is 5.22. The van der Waals surface area contributed by atoms with Gasteiger partial charge in [0.2, 0.25) is 5.91 Å². The van der Waals surface area contributed by atoms with Crippen LogP contribution in [-0.4, -0.2) is 20.7 Å². The van der Waals surface area contributed by atoms with Crippen molar-refractivity contribution in [1.29, 1.82) is 0 Å². The predicted octanol–water partition coefficient (Wildman–Crippen LogP) is 4.97. The van der Waals surface area contributed by atoms with Crippen LogP contribution in [0.2, 0.25) is 0 Å². The van der Waals surface area contributed by atoms with Crippen molar-refractivity contribution in [3.8, 4) is 11.1 Å². The van der Waals surface area contributed by atoms with Gasteiger partial charge in [0, 0.05) is 17.3 Å². The summed E-state index contributed by atoms with van der Waals surface area (Å²) in [4.78, 5) is 17.1. The standard InChI is InChI=1S/C24H24N4O/c1-15-6-5-7-19(12-15)21-10-11-25-24-23(21)18(4)27-28(24)14-22(29)26-20-9-8-16(2)17(3)13-20/h5-13H,14H2,1-4H3,(H,26,29). The highest BCUT2D eigenvalue weighted by Gasteiger charge is 2.16. The lowest BCUT2D eigenvalue weighted by atomic mass is 10.0. The number of nitrogens with zero attached hydrogens (tertiary/aromatic N) is 3. The highest BCUT2D eigenvalue weighted by Crippen LogP contribution is 2.30. The number of carbonyl (C=O) groups is 1. The third-order valence-electron chi connectivity index (χ3n) is 5.22. The molecular formula is C24H24N4O. The zero-order valence-electron chi connectivity index (χ0n) is 17.2. The van der Waals surface area contributed by atoms with E-state index >= 15 is 0 Å². The number of benzene rings is 2. The molecule has 0 spiro atoms. The lowest BCUT2D eigenvalue weighted by Gasteiger charge is -2.09. The minimum atomic E-state index is -0.125. The van der Waals surface area contributed by atoms with Gasteiger partial charge >= 0.3 is 0 Å². The number of pyridine rings is 1. The Balaban J connectivity index is 1.66. The van der Waals surface area contributed by atoms with E-state index < -0.39 is 0 Å². The van der Waals surface area contributed by atoms with Gasteiger partial charge in [-0.05, 0) is 68.1 Å². The van der Waals surface area contributed by atoms with Gasteiger partial charge in [-0.3, -0.25) is 4.79 Å². The number of fused-ring (bicyclic) bond motifs is 1. The maximum absolute atomic E-state index is 12.6. The molecule has 29 heavy (non-hydrogen) atoms. The molecule has 0 aliphatic heterocycles. The summed E-state index contributed by atoms with van der Waals surface area (Å²) in [5.74, 6) is -0.125. The van der Waals surface area contributed by atoms with Crippen LogP contribution in [0, 0.1) is 27.7 Å². The van der Waals surface area contributed by atoms with Crippen LogP contribution >= 0.6 is 0 Å². The Morgan fingerprint density at radius 2 is 1.83 bits per heavy atom. The number of carbonyl (C=O) groups excluding carboxylic acids is 1. The van der Waals surface area contributed by atoms with Crippen LogP contribution in [-0.2, 0) is 11.3 Å². The molecule has 0 bridgehead atoms. The van der Waals surface area contributed by atoms with E-state index in [-0.39, 0.29) is 12.5 Å². The first kappa shape index (κ1) is 18.9. The summed E-state index contributed by atoms with van der Waals surface area (Å²) in [5, 5.41) is 8.55. The first-order valence-corrected chi connectivity index (χ1v) is 9.68. The second kappa shape index (κ2) is 7.51. The average molecular weight is 384 g/mol. The fourth-order valence-corrected chi connectivity index (χ4v) is 3.60. The second-order valence-corrected chi connectivity index (χ2v) is 7.52. The van der Waals surface area contributed by atoms with Gasteiger partial charge in [0.15, 0.2) is 5.65 Å². The van der Waals surface area contributed by atoms with Crippen LogP contribution in [0.3, 0.4) is 0 Å². The zero-order chi connectivity index (χ0) is 20.5. The van der Waals surface area contributed by atoms with E-state index in [0.717, 1.165) is 39.1 Å². The summed E-state index contributed by atoms with van der Waals surface area (Å²) in [6, 6.07) is 16.3. The Morgan fingerprint density at radius 1 is 1.00 bits per heavy atom. The van der Waals surface area contributed by atoms with Crippen molar-refractivity contribution in [3.63, 3.8) is 0 Å². The van der Waals surface area contributed by atoms with Gasteiger partial charge in [-0.2, -0.15) is 5.10 Å². The van der Waals surface area contributed by atoms with Gasteiger partial charge < -0.3 is 5.32 Å². The second-order valence-electron chi connectivity index (χ2n) is 7.52. The SMILES string of the molecule is Cc1cccc(-c2ccnc3c2c(C)nn3CC(=O)Nc2ccc(C)c(C)c2)c1. The highest BCUT2D eigenvalue weighted by atomic mass is 16.2. The minimum Gasteiger partial charge on any atom is -0.324 e. The summed E-state index contributed by atoms with van der Waals surface area (Å²) in [6.45, 7) is 8.24. The van der Waals surface area contributed by atoms with Crippen molar-refractivity contribution in [3.05, 3.63) is 77.1 Å². The number of aryl methyl sites for hydroxylation is 4. The Kier molecular flexibility index (Phi) is 4.89. The monoisotopic (exact) mass is 384 g/mol. The Hall–Kier alpha value is -3.47. The molecule has 0 aliphatic carbocycles. The fraction of sp³-hybridized carbons (Fsp3) is 0.208. The summed E-state index contributed by atoms with van der Waals surface area (Å²) < 4.78 is 1.68. The molecule has 0 aliphatic rings. The number of hydrogen-bond acceptors (Lipinski definition) is 3. The quantitative estimate of drug-likeness (QED) is 0.540.